The van der Waals surface area contributed by atoms with Crippen molar-refractivity contribution in [1.29, 1.82) is 0 Å². The van der Waals surface area contributed by atoms with E-state index in [4.69, 9.17) is 5.11 Å². The number of carbonyl (C=O) groups is 1. The molecule has 1 aliphatic heterocycles. The average molecular weight is 323 g/mol. The van der Waals surface area contributed by atoms with E-state index >= 15 is 0 Å². The summed E-state index contributed by atoms with van der Waals surface area (Å²) in [5, 5.41) is 19.1. The number of nitrogens with zero attached hydrogens (tertiary/aromatic N) is 3. The fourth-order valence-electron chi connectivity index (χ4n) is 2.43. The first-order valence-corrected chi connectivity index (χ1v) is 8.23. The summed E-state index contributed by atoms with van der Waals surface area (Å²) in [6.45, 7) is 0.301. The molecule has 3 rings (SSSR count). The third kappa shape index (κ3) is 2.33. The molecule has 9 heteroatoms. The molecule has 8 nitrogen and oxygen atoms in total. The summed E-state index contributed by atoms with van der Waals surface area (Å²) in [5.74, 6) is -1.32. The van der Waals surface area contributed by atoms with Crippen molar-refractivity contribution in [2.24, 2.45) is 0 Å². The lowest BCUT2D eigenvalue weighted by Gasteiger charge is -2.28. The van der Waals surface area contributed by atoms with Crippen LogP contribution in [0.4, 0.5) is 5.82 Å². The van der Waals surface area contributed by atoms with Gasteiger partial charge >= 0.3 is 5.97 Å². The minimum absolute atomic E-state index is 0.0191. The second-order valence-electron chi connectivity index (χ2n) is 4.96. The minimum Gasteiger partial charge on any atom is -0.504 e. The monoisotopic (exact) mass is 323 g/mol. The first-order valence-electron chi connectivity index (χ1n) is 6.62. The summed E-state index contributed by atoms with van der Waals surface area (Å²) < 4.78 is 25.6. The second kappa shape index (κ2) is 5.09. The van der Waals surface area contributed by atoms with Gasteiger partial charge in [0.25, 0.3) is 0 Å². The van der Waals surface area contributed by atoms with Gasteiger partial charge in [0, 0.05) is 11.9 Å². The fourth-order valence-corrected chi connectivity index (χ4v) is 4.04. The molecule has 2 aromatic heterocycles. The third-order valence-electron chi connectivity index (χ3n) is 3.49. The number of carboxylic acid groups (broad SMARTS) is 1. The molecule has 0 atom stereocenters. The predicted octanol–water partition coefficient (Wildman–Crippen LogP) is 0.964. The topological polar surface area (TPSA) is 121 Å². The molecule has 0 radical (unpaired) electrons. The van der Waals surface area contributed by atoms with Gasteiger partial charge in [-0.2, -0.15) is 0 Å². The van der Waals surface area contributed by atoms with E-state index in [0.717, 1.165) is 6.20 Å². The van der Waals surface area contributed by atoms with Crippen molar-refractivity contribution in [3.8, 4) is 5.75 Å². The molecular formula is C13H13N3O5S. The first kappa shape index (κ1) is 14.5. The fraction of sp³-hybridized carbons (Fsp3) is 0.308. The summed E-state index contributed by atoms with van der Waals surface area (Å²) >= 11 is 0. The van der Waals surface area contributed by atoms with Crippen molar-refractivity contribution in [2.75, 3.05) is 16.6 Å². The Bertz CT molecular complexity index is 865. The number of hydrogen-bond donors (Lipinski definition) is 2. The van der Waals surface area contributed by atoms with E-state index < -0.39 is 16.0 Å². The summed E-state index contributed by atoms with van der Waals surface area (Å²) in [6.07, 6.45) is 2.39. The molecule has 0 aromatic carbocycles. The van der Waals surface area contributed by atoms with E-state index in [1.54, 1.807) is 0 Å². The maximum atomic E-state index is 12.2. The molecule has 3 heterocycles. The number of fused-ring (bicyclic) bond motifs is 1. The van der Waals surface area contributed by atoms with Gasteiger partial charge in [0.1, 0.15) is 11.2 Å². The van der Waals surface area contributed by atoms with Crippen LogP contribution in [-0.2, 0) is 10.0 Å². The Morgan fingerprint density at radius 1 is 1.27 bits per heavy atom. The Balaban J connectivity index is 2.23. The van der Waals surface area contributed by atoms with Crippen LogP contribution in [-0.4, -0.2) is 46.9 Å². The molecule has 1 fully saturated rings. The third-order valence-corrected chi connectivity index (χ3v) is 5.32. The van der Waals surface area contributed by atoms with Crippen LogP contribution >= 0.6 is 0 Å². The lowest BCUT2D eigenvalue weighted by atomic mass is 10.2. The second-order valence-corrected chi connectivity index (χ2v) is 6.97. The quantitative estimate of drug-likeness (QED) is 0.844. The van der Waals surface area contributed by atoms with Crippen LogP contribution in [0.1, 0.15) is 23.3 Å². The number of aromatic hydroxyl groups is 1. The number of hydrogen-bond acceptors (Lipinski definition) is 6. The van der Waals surface area contributed by atoms with Crippen molar-refractivity contribution >= 4 is 32.7 Å². The highest BCUT2D eigenvalue weighted by Crippen LogP contribution is 2.32. The number of sulfonamides is 1. The van der Waals surface area contributed by atoms with Crippen LogP contribution in [0.15, 0.2) is 18.3 Å². The predicted molar refractivity (Wildman–Crippen MR) is 78.5 cm³/mol. The molecule has 2 N–H and O–H groups in total. The standard InChI is InChI=1S/C13H13N3O5S/c17-10-7-14-12(16-5-1-2-6-22(16,20)21)8-3-4-9(13(18)19)15-11(8)10/h3-4,7,17H,1-2,5-6H2,(H,18,19). The zero-order valence-corrected chi connectivity index (χ0v) is 12.2. The Labute approximate surface area is 126 Å². The van der Waals surface area contributed by atoms with Crippen molar-refractivity contribution in [2.45, 2.75) is 12.8 Å². The zero-order chi connectivity index (χ0) is 15.9. The van der Waals surface area contributed by atoms with Crippen molar-refractivity contribution in [1.82, 2.24) is 9.97 Å². The lowest BCUT2D eigenvalue weighted by Crippen LogP contribution is -2.38. The van der Waals surface area contributed by atoms with E-state index in [1.807, 2.05) is 0 Å². The number of aromatic carboxylic acids is 1. The summed E-state index contributed by atoms with van der Waals surface area (Å²) in [6, 6.07) is 2.67. The highest BCUT2D eigenvalue weighted by molar-refractivity contribution is 7.92. The van der Waals surface area contributed by atoms with E-state index in [-0.39, 0.29) is 28.5 Å². The smallest absolute Gasteiger partial charge is 0.354 e. The number of pyridine rings is 2. The SMILES string of the molecule is O=C(O)c1ccc2c(N3CCCCS3(=O)=O)ncc(O)c2n1. The molecular weight excluding hydrogens is 310 g/mol. The Hall–Kier alpha value is -2.42. The molecule has 0 spiro atoms. The van der Waals surface area contributed by atoms with Crippen LogP contribution < -0.4 is 4.31 Å². The Morgan fingerprint density at radius 2 is 2.05 bits per heavy atom. The molecule has 2 aromatic rings. The number of carboxylic acids is 1. The Morgan fingerprint density at radius 3 is 2.73 bits per heavy atom. The van der Waals surface area contributed by atoms with Crippen molar-refractivity contribution < 1.29 is 23.4 Å². The zero-order valence-electron chi connectivity index (χ0n) is 11.4. The van der Waals surface area contributed by atoms with Crippen molar-refractivity contribution in [3.05, 3.63) is 24.0 Å². The maximum absolute atomic E-state index is 12.2. The van der Waals surface area contributed by atoms with Crippen molar-refractivity contribution in [3.63, 3.8) is 0 Å². The van der Waals surface area contributed by atoms with Gasteiger partial charge in [-0.1, -0.05) is 0 Å². The van der Waals surface area contributed by atoms with Gasteiger partial charge in [-0.15, -0.1) is 0 Å². The van der Waals surface area contributed by atoms with E-state index in [1.165, 1.54) is 16.4 Å². The normalized spacial score (nSPS) is 17.5. The highest BCUT2D eigenvalue weighted by atomic mass is 32.2. The molecule has 22 heavy (non-hydrogen) atoms. The summed E-state index contributed by atoms with van der Waals surface area (Å²) in [5.41, 5.74) is -0.216. The molecule has 0 bridgehead atoms. The maximum Gasteiger partial charge on any atom is 0.354 e. The van der Waals surface area contributed by atoms with Gasteiger partial charge in [-0.25, -0.2) is 23.2 Å². The van der Waals surface area contributed by atoms with Gasteiger partial charge in [-0.05, 0) is 25.0 Å². The summed E-state index contributed by atoms with van der Waals surface area (Å²) in [4.78, 5) is 18.9. The van der Waals surface area contributed by atoms with Crippen LogP contribution in [0, 0.1) is 0 Å². The van der Waals surface area contributed by atoms with Gasteiger partial charge in [-0.3, -0.25) is 4.31 Å². The molecule has 0 saturated carbocycles. The average Bonchev–Trinajstić information content (AvgIpc) is 2.48. The molecule has 1 aliphatic rings. The first-order chi connectivity index (χ1) is 10.4. The van der Waals surface area contributed by atoms with Gasteiger partial charge in [0.2, 0.25) is 10.0 Å². The number of rotatable bonds is 2. The molecule has 0 aliphatic carbocycles. The molecule has 0 amide bonds. The Kier molecular flexibility index (Phi) is 3.36. The van der Waals surface area contributed by atoms with Crippen LogP contribution in [0.5, 0.6) is 5.75 Å². The van der Waals surface area contributed by atoms with Crippen LogP contribution in [0.3, 0.4) is 0 Å². The summed E-state index contributed by atoms with van der Waals surface area (Å²) in [7, 11) is -3.46. The van der Waals surface area contributed by atoms with E-state index in [2.05, 4.69) is 9.97 Å². The van der Waals surface area contributed by atoms with Crippen LogP contribution in [0.25, 0.3) is 10.9 Å². The number of anilines is 1. The van der Waals surface area contributed by atoms with E-state index in [9.17, 15) is 18.3 Å². The van der Waals surface area contributed by atoms with Gasteiger partial charge in [0.15, 0.2) is 11.6 Å². The lowest BCUT2D eigenvalue weighted by molar-refractivity contribution is 0.0691. The largest absolute Gasteiger partial charge is 0.504 e. The van der Waals surface area contributed by atoms with Gasteiger partial charge in [0.05, 0.1) is 11.9 Å². The van der Waals surface area contributed by atoms with Gasteiger partial charge < -0.3 is 10.2 Å². The molecule has 1 saturated heterocycles. The molecule has 0 unspecified atom stereocenters. The highest BCUT2D eigenvalue weighted by Gasteiger charge is 2.29. The van der Waals surface area contributed by atoms with E-state index in [0.29, 0.717) is 24.8 Å². The minimum atomic E-state index is -3.46. The van der Waals surface area contributed by atoms with Crippen LogP contribution in [0.2, 0.25) is 0 Å². The molecule has 116 valence electrons. The number of aromatic nitrogens is 2.